The SMILES string of the molecule is CCCCC(C)=CCCC(C)=CCCC=O. The maximum absolute atomic E-state index is 10.2. The highest BCUT2D eigenvalue weighted by atomic mass is 16.1. The first-order valence-electron chi connectivity index (χ1n) is 6.45. The average Bonchev–Trinajstić information content (AvgIpc) is 2.26. The Morgan fingerprint density at radius 3 is 2.19 bits per heavy atom. The number of carbonyl (C=O) groups is 1. The number of unbranched alkanes of at least 4 members (excludes halogenated alkanes) is 2. The highest BCUT2D eigenvalue weighted by Gasteiger charge is 1.91. The Bertz CT molecular complexity index is 236. The van der Waals surface area contributed by atoms with Crippen LogP contribution in [0.4, 0.5) is 0 Å². The molecule has 0 aromatic heterocycles. The van der Waals surface area contributed by atoms with Gasteiger partial charge in [0.2, 0.25) is 0 Å². The number of hydrogen-bond acceptors (Lipinski definition) is 1. The summed E-state index contributed by atoms with van der Waals surface area (Å²) in [7, 11) is 0. The summed E-state index contributed by atoms with van der Waals surface area (Å²) in [4.78, 5) is 10.2. The molecular formula is C15H26O. The average molecular weight is 222 g/mol. The van der Waals surface area contributed by atoms with Gasteiger partial charge in [0.25, 0.3) is 0 Å². The van der Waals surface area contributed by atoms with Crippen LogP contribution in [0.5, 0.6) is 0 Å². The number of carbonyl (C=O) groups excluding carboxylic acids is 1. The lowest BCUT2D eigenvalue weighted by Gasteiger charge is -2.01. The second-order valence-corrected chi connectivity index (χ2v) is 4.49. The molecule has 0 aliphatic rings. The Kier molecular flexibility index (Phi) is 10.1. The molecule has 0 N–H and O–H groups in total. The van der Waals surface area contributed by atoms with E-state index in [-0.39, 0.29) is 0 Å². The predicted octanol–water partition coefficient (Wildman–Crippen LogP) is 4.83. The van der Waals surface area contributed by atoms with E-state index in [9.17, 15) is 4.79 Å². The van der Waals surface area contributed by atoms with E-state index in [4.69, 9.17) is 0 Å². The van der Waals surface area contributed by atoms with Crippen LogP contribution in [-0.2, 0) is 4.79 Å². The van der Waals surface area contributed by atoms with Crippen LogP contribution in [-0.4, -0.2) is 6.29 Å². The first-order valence-corrected chi connectivity index (χ1v) is 6.45. The van der Waals surface area contributed by atoms with Gasteiger partial charge in [0.05, 0.1) is 0 Å². The van der Waals surface area contributed by atoms with Crippen molar-refractivity contribution in [3.8, 4) is 0 Å². The lowest BCUT2D eigenvalue weighted by Crippen LogP contribution is -1.81. The molecule has 0 bridgehead atoms. The van der Waals surface area contributed by atoms with Gasteiger partial charge in [-0.2, -0.15) is 0 Å². The quantitative estimate of drug-likeness (QED) is 0.310. The number of hydrogen-bond donors (Lipinski definition) is 0. The van der Waals surface area contributed by atoms with Crippen molar-refractivity contribution in [2.45, 2.75) is 65.7 Å². The van der Waals surface area contributed by atoms with Gasteiger partial charge in [0.1, 0.15) is 6.29 Å². The van der Waals surface area contributed by atoms with E-state index in [2.05, 4.69) is 32.9 Å². The van der Waals surface area contributed by atoms with Crippen LogP contribution in [0, 0.1) is 0 Å². The molecule has 0 saturated carbocycles. The van der Waals surface area contributed by atoms with Crippen LogP contribution in [0.2, 0.25) is 0 Å². The second-order valence-electron chi connectivity index (χ2n) is 4.49. The summed E-state index contributed by atoms with van der Waals surface area (Å²) in [6, 6.07) is 0. The van der Waals surface area contributed by atoms with Crippen molar-refractivity contribution in [2.75, 3.05) is 0 Å². The van der Waals surface area contributed by atoms with Crippen molar-refractivity contribution in [1.82, 2.24) is 0 Å². The van der Waals surface area contributed by atoms with Crippen molar-refractivity contribution in [1.29, 1.82) is 0 Å². The van der Waals surface area contributed by atoms with Gasteiger partial charge in [-0.25, -0.2) is 0 Å². The lowest BCUT2D eigenvalue weighted by molar-refractivity contribution is -0.107. The van der Waals surface area contributed by atoms with Crippen LogP contribution < -0.4 is 0 Å². The molecule has 0 radical (unpaired) electrons. The van der Waals surface area contributed by atoms with Crippen LogP contribution in [0.25, 0.3) is 0 Å². The fourth-order valence-electron chi connectivity index (χ4n) is 1.60. The number of rotatable bonds is 9. The first-order chi connectivity index (χ1) is 7.70. The molecule has 0 saturated heterocycles. The maximum atomic E-state index is 10.2. The summed E-state index contributed by atoms with van der Waals surface area (Å²) in [5.41, 5.74) is 2.92. The molecule has 0 aromatic carbocycles. The Morgan fingerprint density at radius 2 is 1.56 bits per heavy atom. The van der Waals surface area contributed by atoms with Gasteiger partial charge in [-0.05, 0) is 46.0 Å². The summed E-state index contributed by atoms with van der Waals surface area (Å²) >= 11 is 0. The number of aldehydes is 1. The zero-order valence-corrected chi connectivity index (χ0v) is 11.1. The molecule has 16 heavy (non-hydrogen) atoms. The summed E-state index contributed by atoms with van der Waals surface area (Å²) in [5.74, 6) is 0. The molecule has 0 aliphatic heterocycles. The fraction of sp³-hybridized carbons (Fsp3) is 0.667. The van der Waals surface area contributed by atoms with Crippen molar-refractivity contribution >= 4 is 6.29 Å². The van der Waals surface area contributed by atoms with Crippen molar-refractivity contribution in [3.63, 3.8) is 0 Å². The van der Waals surface area contributed by atoms with Crippen molar-refractivity contribution < 1.29 is 4.79 Å². The summed E-state index contributed by atoms with van der Waals surface area (Å²) in [5, 5.41) is 0. The molecule has 0 unspecified atom stereocenters. The van der Waals surface area contributed by atoms with Crippen LogP contribution in [0.1, 0.15) is 65.7 Å². The molecule has 0 aliphatic carbocycles. The van der Waals surface area contributed by atoms with Crippen LogP contribution in [0.3, 0.4) is 0 Å². The normalized spacial score (nSPS) is 12.9. The molecule has 0 spiro atoms. The minimum Gasteiger partial charge on any atom is -0.303 e. The van der Waals surface area contributed by atoms with E-state index in [1.54, 1.807) is 0 Å². The van der Waals surface area contributed by atoms with E-state index in [1.807, 2.05) is 0 Å². The smallest absolute Gasteiger partial charge is 0.120 e. The minimum atomic E-state index is 0.655. The third-order valence-corrected chi connectivity index (χ3v) is 2.73. The van der Waals surface area contributed by atoms with Crippen LogP contribution in [0.15, 0.2) is 23.3 Å². The van der Waals surface area contributed by atoms with Gasteiger partial charge in [0, 0.05) is 6.42 Å². The Balaban J connectivity index is 3.70. The largest absolute Gasteiger partial charge is 0.303 e. The summed E-state index contributed by atoms with van der Waals surface area (Å²) in [6.45, 7) is 6.61. The molecule has 0 heterocycles. The van der Waals surface area contributed by atoms with E-state index in [1.165, 1.54) is 30.4 Å². The van der Waals surface area contributed by atoms with Gasteiger partial charge in [-0.3, -0.25) is 0 Å². The van der Waals surface area contributed by atoms with Gasteiger partial charge in [0.15, 0.2) is 0 Å². The Hall–Kier alpha value is -0.850. The summed E-state index contributed by atoms with van der Waals surface area (Å²) in [6.07, 6.45) is 13.2. The molecule has 0 rings (SSSR count). The standard InChI is InChI=1S/C15H26O/c1-4-5-9-14(2)11-8-12-15(3)10-6-7-13-16/h10-11,13H,4-9,12H2,1-3H3. The van der Waals surface area contributed by atoms with Crippen molar-refractivity contribution in [2.24, 2.45) is 0 Å². The van der Waals surface area contributed by atoms with Gasteiger partial charge in [-0.1, -0.05) is 36.6 Å². The van der Waals surface area contributed by atoms with E-state index < -0.39 is 0 Å². The van der Waals surface area contributed by atoms with E-state index in [0.717, 1.165) is 25.5 Å². The third-order valence-electron chi connectivity index (χ3n) is 2.73. The molecule has 0 aromatic rings. The van der Waals surface area contributed by atoms with Crippen molar-refractivity contribution in [3.05, 3.63) is 23.3 Å². The number of allylic oxidation sites excluding steroid dienone is 4. The zero-order chi connectivity index (χ0) is 12.2. The zero-order valence-electron chi connectivity index (χ0n) is 11.1. The molecule has 1 nitrogen and oxygen atoms in total. The van der Waals surface area contributed by atoms with E-state index in [0.29, 0.717) is 6.42 Å². The second kappa shape index (κ2) is 10.7. The third kappa shape index (κ3) is 9.70. The summed E-state index contributed by atoms with van der Waals surface area (Å²) < 4.78 is 0. The molecule has 0 fully saturated rings. The Morgan fingerprint density at radius 1 is 0.938 bits per heavy atom. The molecular weight excluding hydrogens is 196 g/mol. The lowest BCUT2D eigenvalue weighted by atomic mass is 10.1. The predicted molar refractivity (Wildman–Crippen MR) is 71.6 cm³/mol. The minimum absolute atomic E-state index is 0.655. The van der Waals surface area contributed by atoms with E-state index >= 15 is 0 Å². The topological polar surface area (TPSA) is 17.1 Å². The van der Waals surface area contributed by atoms with Crippen LogP contribution >= 0.6 is 0 Å². The molecule has 92 valence electrons. The van der Waals surface area contributed by atoms with Gasteiger partial charge >= 0.3 is 0 Å². The first kappa shape index (κ1) is 15.2. The highest BCUT2D eigenvalue weighted by Crippen LogP contribution is 2.11. The molecule has 0 atom stereocenters. The molecule has 1 heteroatoms. The van der Waals surface area contributed by atoms with Gasteiger partial charge in [-0.15, -0.1) is 0 Å². The monoisotopic (exact) mass is 222 g/mol. The fourth-order valence-corrected chi connectivity index (χ4v) is 1.60. The maximum Gasteiger partial charge on any atom is 0.120 e. The molecule has 0 amide bonds. The Labute approximate surface area is 101 Å². The van der Waals surface area contributed by atoms with Gasteiger partial charge < -0.3 is 4.79 Å². The highest BCUT2D eigenvalue weighted by molar-refractivity contribution is 5.49.